The number of aliphatic hydroxyl groups is 1. The van der Waals surface area contributed by atoms with Crippen LogP contribution in [0.1, 0.15) is 18.0 Å². The number of benzene rings is 1. The highest BCUT2D eigenvalue weighted by molar-refractivity contribution is 5.38. The molecule has 1 heterocycles. The molecule has 1 aliphatic rings. The molecule has 0 saturated carbocycles. The highest BCUT2D eigenvalue weighted by Crippen LogP contribution is 2.33. The quantitative estimate of drug-likeness (QED) is 0.705. The minimum atomic E-state index is -0.315. The van der Waals surface area contributed by atoms with Crippen molar-refractivity contribution in [2.45, 2.75) is 18.6 Å². The number of fused-ring (bicyclic) bond motifs is 1. The second kappa shape index (κ2) is 3.55. The minimum Gasteiger partial charge on any atom is -0.488 e. The van der Waals surface area contributed by atoms with Crippen molar-refractivity contribution in [1.29, 1.82) is 0 Å². The zero-order valence-corrected chi connectivity index (χ0v) is 7.61. The molecule has 4 heteroatoms. The van der Waals surface area contributed by atoms with Crippen LogP contribution in [0.15, 0.2) is 18.2 Å². The van der Waals surface area contributed by atoms with Crippen molar-refractivity contribution >= 4 is 0 Å². The first-order valence-corrected chi connectivity index (χ1v) is 4.53. The molecule has 0 spiro atoms. The van der Waals surface area contributed by atoms with Gasteiger partial charge in [0.25, 0.3) is 0 Å². The summed E-state index contributed by atoms with van der Waals surface area (Å²) in [6.45, 7) is -0.0650. The molecule has 1 aliphatic heterocycles. The number of ether oxygens (including phenoxy) is 1. The van der Waals surface area contributed by atoms with Crippen molar-refractivity contribution < 1.29 is 14.2 Å². The van der Waals surface area contributed by atoms with E-state index >= 15 is 0 Å². The van der Waals surface area contributed by atoms with E-state index < -0.39 is 0 Å². The third kappa shape index (κ3) is 1.58. The van der Waals surface area contributed by atoms with Gasteiger partial charge in [0.05, 0.1) is 6.61 Å². The van der Waals surface area contributed by atoms with E-state index in [4.69, 9.17) is 15.6 Å². The van der Waals surface area contributed by atoms with Crippen LogP contribution in [0.5, 0.6) is 5.75 Å². The topological polar surface area (TPSA) is 55.5 Å². The largest absolute Gasteiger partial charge is 0.488 e. The summed E-state index contributed by atoms with van der Waals surface area (Å²) < 4.78 is 18.3. The Morgan fingerprint density at radius 2 is 2.36 bits per heavy atom. The fraction of sp³-hybridized carbons (Fsp3) is 0.400. The molecule has 0 fully saturated rings. The molecule has 2 rings (SSSR count). The van der Waals surface area contributed by atoms with E-state index in [9.17, 15) is 4.39 Å². The van der Waals surface area contributed by atoms with Crippen molar-refractivity contribution in [3.8, 4) is 5.75 Å². The molecule has 3 N–H and O–H groups in total. The highest BCUT2D eigenvalue weighted by Gasteiger charge is 2.25. The number of nitrogens with two attached hydrogens (primary N) is 1. The minimum absolute atomic E-state index is 0.0650. The Hall–Kier alpha value is -1.13. The van der Waals surface area contributed by atoms with Crippen molar-refractivity contribution in [3.63, 3.8) is 0 Å². The summed E-state index contributed by atoms with van der Waals surface area (Å²) in [4.78, 5) is 0. The van der Waals surface area contributed by atoms with Crippen molar-refractivity contribution in [2.75, 3.05) is 6.61 Å². The summed E-state index contributed by atoms with van der Waals surface area (Å²) in [5.74, 6) is 0.259. The van der Waals surface area contributed by atoms with Gasteiger partial charge in [-0.25, -0.2) is 4.39 Å². The molecule has 0 saturated heterocycles. The van der Waals surface area contributed by atoms with Gasteiger partial charge >= 0.3 is 0 Å². The summed E-state index contributed by atoms with van der Waals surface area (Å²) in [5, 5.41) is 8.93. The van der Waals surface area contributed by atoms with Gasteiger partial charge in [-0.1, -0.05) is 0 Å². The van der Waals surface area contributed by atoms with Gasteiger partial charge in [0.1, 0.15) is 17.7 Å². The molecule has 0 aliphatic carbocycles. The van der Waals surface area contributed by atoms with Crippen LogP contribution in [-0.2, 0) is 0 Å². The second-order valence-electron chi connectivity index (χ2n) is 3.45. The molecule has 0 amide bonds. The first-order valence-electron chi connectivity index (χ1n) is 4.53. The lowest BCUT2D eigenvalue weighted by atomic mass is 9.97. The molecule has 0 aromatic heterocycles. The molecule has 76 valence electrons. The number of hydrogen-bond acceptors (Lipinski definition) is 3. The number of aliphatic hydroxyl groups excluding tert-OH is 1. The van der Waals surface area contributed by atoms with Crippen LogP contribution in [0.4, 0.5) is 4.39 Å². The van der Waals surface area contributed by atoms with Gasteiger partial charge in [-0.3, -0.25) is 0 Å². The third-order valence-electron chi connectivity index (χ3n) is 2.39. The van der Waals surface area contributed by atoms with Crippen molar-refractivity contribution in [3.05, 3.63) is 29.6 Å². The van der Waals surface area contributed by atoms with Crippen molar-refractivity contribution in [2.24, 2.45) is 5.73 Å². The van der Waals surface area contributed by atoms with Gasteiger partial charge in [0, 0.05) is 18.0 Å². The van der Waals surface area contributed by atoms with Crippen LogP contribution in [0.3, 0.4) is 0 Å². The van der Waals surface area contributed by atoms with Crippen LogP contribution in [0.2, 0.25) is 0 Å². The Morgan fingerprint density at radius 1 is 1.57 bits per heavy atom. The monoisotopic (exact) mass is 197 g/mol. The summed E-state index contributed by atoms with van der Waals surface area (Å²) in [5.41, 5.74) is 6.50. The van der Waals surface area contributed by atoms with Gasteiger partial charge in [-0.05, 0) is 18.2 Å². The van der Waals surface area contributed by atoms with Crippen LogP contribution in [0, 0.1) is 5.82 Å². The molecule has 2 atom stereocenters. The summed E-state index contributed by atoms with van der Waals surface area (Å²) in [6, 6.07) is 4.00. The molecule has 0 radical (unpaired) electrons. The Kier molecular flexibility index (Phi) is 2.39. The van der Waals surface area contributed by atoms with Crippen LogP contribution in [-0.4, -0.2) is 17.8 Å². The lowest BCUT2D eigenvalue weighted by Gasteiger charge is -2.29. The predicted molar refractivity (Wildman–Crippen MR) is 49.4 cm³/mol. The van der Waals surface area contributed by atoms with Crippen molar-refractivity contribution in [1.82, 2.24) is 0 Å². The average Bonchev–Trinajstić information content (AvgIpc) is 2.19. The summed E-state index contributed by atoms with van der Waals surface area (Å²) in [7, 11) is 0. The maximum atomic E-state index is 12.9. The Morgan fingerprint density at radius 3 is 3.07 bits per heavy atom. The molecule has 1 aromatic carbocycles. The van der Waals surface area contributed by atoms with E-state index in [1.54, 1.807) is 6.07 Å². The van der Waals surface area contributed by atoms with Gasteiger partial charge in [0.2, 0.25) is 0 Å². The molecule has 1 unspecified atom stereocenters. The number of rotatable bonds is 1. The smallest absolute Gasteiger partial charge is 0.124 e. The predicted octanol–water partition coefficient (Wildman–Crippen LogP) is 0.969. The normalized spacial score (nSPS) is 25.4. The first kappa shape index (κ1) is 9.43. The van der Waals surface area contributed by atoms with E-state index in [-0.39, 0.29) is 24.6 Å². The molecule has 0 bridgehead atoms. The zero-order valence-electron chi connectivity index (χ0n) is 7.61. The Labute approximate surface area is 81.3 Å². The van der Waals surface area contributed by atoms with Crippen LogP contribution in [0.25, 0.3) is 0 Å². The fourth-order valence-corrected chi connectivity index (χ4v) is 1.67. The van der Waals surface area contributed by atoms with Gasteiger partial charge in [-0.2, -0.15) is 0 Å². The molecular formula is C10H12FNO2. The van der Waals surface area contributed by atoms with Gasteiger partial charge in [-0.15, -0.1) is 0 Å². The second-order valence-corrected chi connectivity index (χ2v) is 3.45. The molecule has 14 heavy (non-hydrogen) atoms. The number of hydrogen-bond donors (Lipinski definition) is 2. The lowest BCUT2D eigenvalue weighted by Crippen LogP contribution is -2.32. The van der Waals surface area contributed by atoms with E-state index in [1.165, 1.54) is 12.1 Å². The first-order chi connectivity index (χ1) is 6.70. The summed E-state index contributed by atoms with van der Waals surface area (Å²) in [6.07, 6.45) is 0.246. The Balaban J connectivity index is 2.35. The van der Waals surface area contributed by atoms with Crippen LogP contribution >= 0.6 is 0 Å². The zero-order chi connectivity index (χ0) is 10.1. The SMILES string of the molecule is N[C@@H]1CC(CO)Oc2ccc(F)cc21. The van der Waals surface area contributed by atoms with Gasteiger partial charge in [0.15, 0.2) is 0 Å². The van der Waals surface area contributed by atoms with Gasteiger partial charge < -0.3 is 15.6 Å². The average molecular weight is 197 g/mol. The van der Waals surface area contributed by atoms with E-state index in [2.05, 4.69) is 0 Å². The maximum absolute atomic E-state index is 12.9. The Bertz CT molecular complexity index is 343. The van der Waals surface area contributed by atoms with Crippen LogP contribution < -0.4 is 10.5 Å². The lowest BCUT2D eigenvalue weighted by molar-refractivity contribution is 0.0886. The van der Waals surface area contributed by atoms with E-state index in [1.807, 2.05) is 0 Å². The third-order valence-corrected chi connectivity index (χ3v) is 2.39. The maximum Gasteiger partial charge on any atom is 0.124 e. The molecule has 1 aromatic rings. The van der Waals surface area contributed by atoms with E-state index in [0.717, 1.165) is 0 Å². The molecular weight excluding hydrogens is 185 g/mol. The highest BCUT2D eigenvalue weighted by atomic mass is 19.1. The standard InChI is InChI=1S/C10H12FNO2/c11-6-1-2-10-8(3-6)9(12)4-7(5-13)14-10/h1-3,7,9,13H,4-5,12H2/t7?,9-/m1/s1. The molecule has 3 nitrogen and oxygen atoms in total. The summed E-state index contributed by atoms with van der Waals surface area (Å²) >= 11 is 0. The fourth-order valence-electron chi connectivity index (χ4n) is 1.67. The number of halogens is 1. The van der Waals surface area contributed by atoms with E-state index in [0.29, 0.717) is 17.7 Å².